The number of rotatable bonds is 9. The second-order valence-corrected chi connectivity index (χ2v) is 7.04. The molecule has 1 fully saturated rings. The second-order valence-electron chi connectivity index (χ2n) is 7.04. The zero-order valence-corrected chi connectivity index (χ0v) is 16.4. The van der Waals surface area contributed by atoms with Crippen molar-refractivity contribution in [1.82, 2.24) is 29.5 Å². The molecule has 1 aliphatic rings. The Morgan fingerprint density at radius 1 is 1.10 bits per heavy atom. The average molecular weight is 406 g/mol. The van der Waals surface area contributed by atoms with Crippen molar-refractivity contribution in [2.24, 2.45) is 0 Å². The number of nitrogens with one attached hydrogen (secondary N) is 1. The van der Waals surface area contributed by atoms with Crippen LogP contribution in [0.15, 0.2) is 47.1 Å². The maximum absolute atomic E-state index is 6.01. The molecule has 10 heteroatoms. The summed E-state index contributed by atoms with van der Waals surface area (Å²) in [5.74, 6) is 2.83. The lowest BCUT2D eigenvalue weighted by molar-refractivity contribution is 0.292. The third kappa shape index (κ3) is 4.18. The van der Waals surface area contributed by atoms with Gasteiger partial charge >= 0.3 is 0 Å². The monoisotopic (exact) mass is 406 g/mol. The van der Waals surface area contributed by atoms with E-state index in [1.54, 1.807) is 18.4 Å². The molecule has 1 aromatic carbocycles. The van der Waals surface area contributed by atoms with Gasteiger partial charge in [0.2, 0.25) is 17.7 Å². The topological polar surface area (TPSA) is 119 Å². The lowest BCUT2D eigenvalue weighted by Crippen LogP contribution is -2.12. The Labute approximate surface area is 172 Å². The lowest BCUT2D eigenvalue weighted by Gasteiger charge is -2.08. The highest BCUT2D eigenvalue weighted by Gasteiger charge is 2.16. The SMILES string of the molecule is Nc1nc(NCCc2ccc(OCCN3CC3)cc2)nc2nc(-c3ccco3)nn12. The highest BCUT2D eigenvalue weighted by Crippen LogP contribution is 2.18. The van der Waals surface area contributed by atoms with Crippen molar-refractivity contribution in [3.63, 3.8) is 0 Å². The normalized spacial score (nSPS) is 13.6. The molecule has 0 aliphatic carbocycles. The summed E-state index contributed by atoms with van der Waals surface area (Å²) in [6, 6.07) is 11.7. The minimum atomic E-state index is 0.205. The van der Waals surface area contributed by atoms with Crippen molar-refractivity contribution in [3.05, 3.63) is 48.2 Å². The Balaban J connectivity index is 1.17. The highest BCUT2D eigenvalue weighted by molar-refractivity contribution is 5.52. The van der Waals surface area contributed by atoms with E-state index in [4.69, 9.17) is 14.9 Å². The summed E-state index contributed by atoms with van der Waals surface area (Å²) >= 11 is 0. The molecule has 5 rings (SSSR count). The smallest absolute Gasteiger partial charge is 0.259 e. The van der Waals surface area contributed by atoms with Crippen LogP contribution in [0.5, 0.6) is 5.75 Å². The molecule has 0 bridgehead atoms. The van der Waals surface area contributed by atoms with Crippen molar-refractivity contribution in [2.45, 2.75) is 6.42 Å². The standard InChI is InChI=1S/C20H22N8O2/c21-18-24-19(25-20-23-17(26-28(18)20)16-2-1-12-30-16)22-8-7-14-3-5-15(6-4-14)29-13-11-27-9-10-27/h1-6,12H,7-11,13H2,(H3,21,22,23,24,25,26). The summed E-state index contributed by atoms with van der Waals surface area (Å²) in [6.07, 6.45) is 2.38. The van der Waals surface area contributed by atoms with E-state index in [2.05, 4.69) is 42.4 Å². The van der Waals surface area contributed by atoms with Gasteiger partial charge in [0.25, 0.3) is 5.78 Å². The van der Waals surface area contributed by atoms with Crippen LogP contribution in [-0.4, -0.2) is 62.3 Å². The quantitative estimate of drug-likeness (QED) is 0.400. The molecular weight excluding hydrogens is 384 g/mol. The highest BCUT2D eigenvalue weighted by atomic mass is 16.5. The molecule has 4 heterocycles. The van der Waals surface area contributed by atoms with Gasteiger partial charge in [-0.2, -0.15) is 19.5 Å². The number of aromatic nitrogens is 5. The van der Waals surface area contributed by atoms with E-state index in [0.717, 1.165) is 25.3 Å². The van der Waals surface area contributed by atoms with Crippen LogP contribution in [0.3, 0.4) is 0 Å². The molecule has 30 heavy (non-hydrogen) atoms. The fourth-order valence-electron chi connectivity index (χ4n) is 3.05. The van der Waals surface area contributed by atoms with Crippen molar-refractivity contribution >= 4 is 17.7 Å². The Morgan fingerprint density at radius 2 is 1.97 bits per heavy atom. The summed E-state index contributed by atoms with van der Waals surface area (Å²) in [7, 11) is 0. The maximum atomic E-state index is 6.01. The van der Waals surface area contributed by atoms with Crippen LogP contribution in [0.25, 0.3) is 17.4 Å². The first-order valence-corrected chi connectivity index (χ1v) is 9.87. The Morgan fingerprint density at radius 3 is 2.73 bits per heavy atom. The van der Waals surface area contributed by atoms with E-state index in [9.17, 15) is 0 Å². The van der Waals surface area contributed by atoms with Gasteiger partial charge in [0, 0.05) is 26.2 Å². The van der Waals surface area contributed by atoms with E-state index in [1.807, 2.05) is 12.1 Å². The van der Waals surface area contributed by atoms with Crippen LogP contribution >= 0.6 is 0 Å². The molecule has 10 nitrogen and oxygen atoms in total. The van der Waals surface area contributed by atoms with Crippen molar-refractivity contribution in [3.8, 4) is 17.3 Å². The molecule has 1 aliphatic heterocycles. The van der Waals surface area contributed by atoms with Gasteiger partial charge in [-0.1, -0.05) is 12.1 Å². The largest absolute Gasteiger partial charge is 0.492 e. The number of anilines is 2. The first-order chi connectivity index (χ1) is 14.7. The van der Waals surface area contributed by atoms with Gasteiger partial charge in [-0.3, -0.25) is 4.90 Å². The van der Waals surface area contributed by atoms with Crippen LogP contribution < -0.4 is 15.8 Å². The third-order valence-electron chi connectivity index (χ3n) is 4.81. The summed E-state index contributed by atoms with van der Waals surface area (Å²) in [6.45, 7) is 4.77. The van der Waals surface area contributed by atoms with Crippen LogP contribution in [-0.2, 0) is 6.42 Å². The first-order valence-electron chi connectivity index (χ1n) is 9.87. The molecule has 154 valence electrons. The van der Waals surface area contributed by atoms with E-state index >= 15 is 0 Å². The summed E-state index contributed by atoms with van der Waals surface area (Å²) in [5, 5.41) is 7.48. The van der Waals surface area contributed by atoms with Crippen LogP contribution in [0.2, 0.25) is 0 Å². The van der Waals surface area contributed by atoms with Gasteiger partial charge in [0.15, 0.2) is 5.76 Å². The van der Waals surface area contributed by atoms with Gasteiger partial charge in [0.1, 0.15) is 12.4 Å². The fourth-order valence-corrected chi connectivity index (χ4v) is 3.05. The molecule has 0 radical (unpaired) electrons. The minimum absolute atomic E-state index is 0.205. The predicted octanol–water partition coefficient (Wildman–Crippen LogP) is 1.71. The van der Waals surface area contributed by atoms with E-state index in [1.165, 1.54) is 23.2 Å². The number of furan rings is 1. The minimum Gasteiger partial charge on any atom is -0.492 e. The number of nitrogens with zero attached hydrogens (tertiary/aromatic N) is 6. The average Bonchev–Trinajstić information content (AvgIpc) is 3.23. The van der Waals surface area contributed by atoms with Gasteiger partial charge in [-0.15, -0.1) is 5.10 Å². The van der Waals surface area contributed by atoms with E-state index in [0.29, 0.717) is 29.9 Å². The number of nitrogen functional groups attached to an aromatic ring is 1. The third-order valence-corrected chi connectivity index (χ3v) is 4.81. The predicted molar refractivity (Wildman–Crippen MR) is 111 cm³/mol. The summed E-state index contributed by atoms with van der Waals surface area (Å²) in [4.78, 5) is 15.3. The first kappa shape index (κ1) is 18.4. The summed E-state index contributed by atoms with van der Waals surface area (Å²) in [5.41, 5.74) is 7.20. The van der Waals surface area contributed by atoms with Crippen molar-refractivity contribution in [2.75, 3.05) is 43.8 Å². The molecular formula is C20H22N8O2. The lowest BCUT2D eigenvalue weighted by atomic mass is 10.1. The summed E-state index contributed by atoms with van der Waals surface area (Å²) < 4.78 is 12.5. The molecule has 0 unspecified atom stereocenters. The van der Waals surface area contributed by atoms with Crippen molar-refractivity contribution in [1.29, 1.82) is 0 Å². The molecule has 3 N–H and O–H groups in total. The van der Waals surface area contributed by atoms with E-state index < -0.39 is 0 Å². The molecule has 3 aromatic heterocycles. The Kier molecular flexibility index (Phi) is 4.89. The van der Waals surface area contributed by atoms with Gasteiger partial charge < -0.3 is 20.2 Å². The molecule has 0 amide bonds. The van der Waals surface area contributed by atoms with Crippen LogP contribution in [0.1, 0.15) is 5.56 Å². The molecule has 4 aromatic rings. The number of fused-ring (bicyclic) bond motifs is 1. The Bertz CT molecular complexity index is 1120. The maximum Gasteiger partial charge on any atom is 0.259 e. The fraction of sp³-hybridized carbons (Fsp3) is 0.300. The number of nitrogens with two attached hydrogens (primary N) is 1. The number of hydrogen-bond donors (Lipinski definition) is 2. The molecule has 0 atom stereocenters. The van der Waals surface area contributed by atoms with Gasteiger partial charge in [-0.25, -0.2) is 0 Å². The second kappa shape index (κ2) is 7.99. The van der Waals surface area contributed by atoms with Gasteiger partial charge in [-0.05, 0) is 36.2 Å². The molecule has 0 saturated carbocycles. The van der Waals surface area contributed by atoms with Crippen LogP contribution in [0, 0.1) is 0 Å². The zero-order valence-electron chi connectivity index (χ0n) is 16.4. The number of hydrogen-bond acceptors (Lipinski definition) is 9. The zero-order chi connectivity index (χ0) is 20.3. The van der Waals surface area contributed by atoms with Crippen molar-refractivity contribution < 1.29 is 9.15 Å². The molecule has 0 spiro atoms. The molecule has 1 saturated heterocycles. The Hall–Kier alpha value is -3.66. The van der Waals surface area contributed by atoms with Crippen LogP contribution in [0.4, 0.5) is 11.9 Å². The van der Waals surface area contributed by atoms with E-state index in [-0.39, 0.29) is 5.95 Å². The number of benzene rings is 1. The number of ether oxygens (including phenoxy) is 1. The van der Waals surface area contributed by atoms with Gasteiger partial charge in [0.05, 0.1) is 6.26 Å².